The predicted molar refractivity (Wildman–Crippen MR) is 180 cm³/mol. The van der Waals surface area contributed by atoms with Crippen molar-refractivity contribution in [2.75, 3.05) is 24.5 Å². The molecule has 1 aromatic rings. The fraction of sp³-hybridized carbons (Fsp3) is 0.444. The van der Waals surface area contributed by atoms with Crippen LogP contribution < -0.4 is 14.8 Å². The summed E-state index contributed by atoms with van der Waals surface area (Å²) in [5.41, 5.74) is 3.98. The van der Waals surface area contributed by atoms with Gasteiger partial charge in [-0.25, -0.2) is 4.58 Å². The largest absolute Gasteiger partial charge is 0.481 e. The molecule has 4 rings (SSSR count). The zero-order valence-electron chi connectivity index (χ0n) is 27.6. The Morgan fingerprint density at radius 3 is 2.36 bits per heavy atom. The van der Waals surface area contributed by atoms with Gasteiger partial charge in [0.1, 0.15) is 24.6 Å². The normalized spacial score (nSPS) is 15.7. The summed E-state index contributed by atoms with van der Waals surface area (Å²) >= 11 is 0. The zero-order chi connectivity index (χ0) is 33.2. The number of rotatable bonds is 11. The first-order valence-electron chi connectivity index (χ1n) is 15.7. The smallest absolute Gasteiger partial charge is 0.303 e. The van der Waals surface area contributed by atoms with Crippen molar-refractivity contribution in [3.05, 3.63) is 82.6 Å². The number of hydrogen-bond acceptors (Lipinski definition) is 5. The summed E-state index contributed by atoms with van der Waals surface area (Å²) in [6, 6.07) is 13.2. The molecule has 2 N–H and O–H groups in total. The van der Waals surface area contributed by atoms with Gasteiger partial charge >= 0.3 is 5.97 Å². The predicted octanol–water partition coefficient (Wildman–Crippen LogP) is 7.08. The van der Waals surface area contributed by atoms with Crippen LogP contribution in [0.25, 0.3) is 17.4 Å². The minimum atomic E-state index is -4.36. The van der Waals surface area contributed by atoms with E-state index in [0.717, 1.165) is 70.9 Å². The molecule has 0 spiro atoms. The molecular formula is C36H47N2O6S+. The molecular weight excluding hydrogens is 588 g/mol. The number of anilines is 1. The Hall–Kier alpha value is -3.69. The summed E-state index contributed by atoms with van der Waals surface area (Å²) in [5, 5.41) is 10.2. The second-order valence-corrected chi connectivity index (χ2v) is 14.6. The first-order chi connectivity index (χ1) is 21.1. The second kappa shape index (κ2) is 13.3. The molecule has 1 aliphatic carbocycles. The van der Waals surface area contributed by atoms with Crippen molar-refractivity contribution in [1.82, 2.24) is 4.58 Å². The van der Waals surface area contributed by atoms with Crippen LogP contribution in [0, 0.1) is 0 Å². The number of unbranched alkanes of at least 4 members (excludes halogenated alkanes) is 2. The second-order valence-electron chi connectivity index (χ2n) is 13.2. The van der Waals surface area contributed by atoms with Crippen molar-refractivity contribution in [2.24, 2.45) is 0 Å². The Bertz CT molecular complexity index is 1770. The quantitative estimate of drug-likeness (QED) is 0.132. The van der Waals surface area contributed by atoms with Crippen LogP contribution in [-0.2, 0) is 25.7 Å². The van der Waals surface area contributed by atoms with Crippen molar-refractivity contribution in [3.8, 4) is 11.3 Å². The molecule has 0 aromatic heterocycles. The zero-order valence-corrected chi connectivity index (χ0v) is 28.4. The summed E-state index contributed by atoms with van der Waals surface area (Å²) in [4.78, 5) is 13.0. The minimum Gasteiger partial charge on any atom is -0.481 e. The maximum atomic E-state index is 12.0. The van der Waals surface area contributed by atoms with Gasteiger partial charge in [0.2, 0.25) is 5.36 Å². The lowest BCUT2D eigenvalue weighted by molar-refractivity contribution is -0.137. The number of aliphatic carboxylic acids is 1. The van der Waals surface area contributed by atoms with Crippen molar-refractivity contribution in [3.63, 3.8) is 0 Å². The molecule has 3 aliphatic rings. The average molecular weight is 636 g/mol. The Labute approximate surface area is 267 Å². The van der Waals surface area contributed by atoms with Crippen LogP contribution in [-0.4, -0.2) is 43.7 Å². The van der Waals surface area contributed by atoms with Gasteiger partial charge in [0, 0.05) is 46.8 Å². The average Bonchev–Trinajstić information content (AvgIpc) is 3.17. The molecule has 0 saturated carbocycles. The van der Waals surface area contributed by atoms with E-state index >= 15 is 0 Å². The third-order valence-electron chi connectivity index (χ3n) is 8.61. The highest BCUT2D eigenvalue weighted by Crippen LogP contribution is 2.48. The summed E-state index contributed by atoms with van der Waals surface area (Å²) in [5.74, 6) is 0.910. The number of carbonyl (C=O) groups is 1. The van der Waals surface area contributed by atoms with Crippen LogP contribution in [0.1, 0.15) is 91.0 Å². The van der Waals surface area contributed by atoms with E-state index < -0.39 is 21.5 Å². The van der Waals surface area contributed by atoms with Crippen LogP contribution >= 0.6 is 0 Å². The highest BCUT2D eigenvalue weighted by molar-refractivity contribution is 7.85. The molecule has 242 valence electrons. The lowest BCUT2D eigenvalue weighted by atomic mass is 9.83. The van der Waals surface area contributed by atoms with Crippen molar-refractivity contribution >= 4 is 27.9 Å². The number of carboxylic acids is 1. The molecule has 0 fully saturated rings. The lowest BCUT2D eigenvalue weighted by Gasteiger charge is -2.27. The van der Waals surface area contributed by atoms with Crippen LogP contribution in [0.2, 0.25) is 0 Å². The summed E-state index contributed by atoms with van der Waals surface area (Å²) in [7, 11) is -4.36. The van der Waals surface area contributed by atoms with E-state index in [2.05, 4.69) is 80.5 Å². The van der Waals surface area contributed by atoms with Crippen LogP contribution in [0.4, 0.5) is 5.69 Å². The number of allylic oxidation sites excluding steroid dienone is 3. The van der Waals surface area contributed by atoms with Gasteiger partial charge in [-0.3, -0.25) is 9.35 Å². The van der Waals surface area contributed by atoms with E-state index in [1.54, 1.807) is 12.1 Å². The van der Waals surface area contributed by atoms with Gasteiger partial charge in [-0.05, 0) is 74.2 Å². The molecule has 0 amide bonds. The highest BCUT2D eigenvalue weighted by Gasteiger charge is 2.40. The van der Waals surface area contributed by atoms with E-state index in [0.29, 0.717) is 13.0 Å². The maximum absolute atomic E-state index is 12.0. The SMILES string of the molecule is CC[N+](CC)=c1ccc2c(/C=C/C=C3\N(CCCCCC(=O)O)c4ccc(S(=O)(=O)O)cc4C3(C)C)cc(C(C)(C)C)oc-2c1. The molecule has 45 heavy (non-hydrogen) atoms. The lowest BCUT2D eigenvalue weighted by Crippen LogP contribution is -2.29. The van der Waals surface area contributed by atoms with Gasteiger partial charge in [0.05, 0.1) is 11.0 Å². The molecule has 9 heteroatoms. The van der Waals surface area contributed by atoms with E-state index in [1.807, 2.05) is 19.9 Å². The molecule has 2 aliphatic heterocycles. The Balaban J connectivity index is 1.79. The minimum absolute atomic E-state index is 0.133. The van der Waals surface area contributed by atoms with Gasteiger partial charge in [-0.2, -0.15) is 8.42 Å². The van der Waals surface area contributed by atoms with Crippen LogP contribution in [0.3, 0.4) is 0 Å². The van der Waals surface area contributed by atoms with Gasteiger partial charge in [0.25, 0.3) is 10.1 Å². The standard InChI is InChI=1S/C36H46N2O6S/c1-8-37(9-2)26-17-19-28-25(22-33(35(3,4)5)44-31(28)23-26)14-13-15-32-36(6,7)29-24-27(45(41,42)43)18-20-30(29)38(32)21-12-10-11-16-34(39)40/h13-15,17-20,22-24H,8-12,16,21H2,1-7H3,(H-,39,40,41,42,43)/p+1. The maximum Gasteiger partial charge on any atom is 0.303 e. The number of fused-ring (bicyclic) bond motifs is 2. The van der Waals surface area contributed by atoms with Crippen LogP contribution in [0.5, 0.6) is 0 Å². The van der Waals surface area contributed by atoms with Crippen molar-refractivity contribution in [1.29, 1.82) is 0 Å². The molecule has 0 unspecified atom stereocenters. The Morgan fingerprint density at radius 2 is 1.73 bits per heavy atom. The first kappa shape index (κ1) is 34.2. The molecule has 0 radical (unpaired) electrons. The van der Waals surface area contributed by atoms with Crippen LogP contribution in [0.15, 0.2) is 69.6 Å². The number of nitrogens with zero attached hydrogens (tertiary/aromatic N) is 2. The first-order valence-corrected chi connectivity index (χ1v) is 17.2. The summed E-state index contributed by atoms with van der Waals surface area (Å²) in [6.45, 7) is 17.2. The van der Waals surface area contributed by atoms with Gasteiger partial charge < -0.3 is 14.4 Å². The fourth-order valence-corrected chi connectivity index (χ4v) is 6.52. The topological polar surface area (TPSA) is 111 Å². The monoisotopic (exact) mass is 635 g/mol. The fourth-order valence-electron chi connectivity index (χ4n) is 6.02. The molecule has 0 saturated heterocycles. The Morgan fingerprint density at radius 1 is 1.02 bits per heavy atom. The van der Waals surface area contributed by atoms with Gasteiger partial charge in [-0.1, -0.05) is 53.2 Å². The van der Waals surface area contributed by atoms with E-state index in [9.17, 15) is 17.8 Å². The number of hydrogen-bond donors (Lipinski definition) is 2. The summed E-state index contributed by atoms with van der Waals surface area (Å²) in [6.07, 6.45) is 8.46. The third-order valence-corrected chi connectivity index (χ3v) is 9.46. The molecule has 2 heterocycles. The Kier molecular flexibility index (Phi) is 10.1. The highest BCUT2D eigenvalue weighted by atomic mass is 32.2. The summed E-state index contributed by atoms with van der Waals surface area (Å²) < 4.78 is 42.5. The number of carboxylic acid groups (broad SMARTS) is 1. The van der Waals surface area contributed by atoms with Crippen molar-refractivity contribution in [2.45, 2.75) is 89.9 Å². The molecule has 1 aromatic carbocycles. The van der Waals surface area contributed by atoms with Gasteiger partial charge in [-0.15, -0.1) is 0 Å². The van der Waals surface area contributed by atoms with Gasteiger partial charge in [0.15, 0.2) is 0 Å². The van der Waals surface area contributed by atoms with E-state index in [1.165, 1.54) is 6.07 Å². The molecule has 0 bridgehead atoms. The van der Waals surface area contributed by atoms with Crippen molar-refractivity contribution < 1.29 is 27.3 Å². The molecule has 8 nitrogen and oxygen atoms in total. The number of benzene rings is 2. The van der Waals surface area contributed by atoms with E-state index in [-0.39, 0.29) is 16.7 Å². The molecule has 0 atom stereocenters. The van der Waals surface area contributed by atoms with E-state index in [4.69, 9.17) is 9.52 Å². The third kappa shape index (κ3) is 7.59.